The van der Waals surface area contributed by atoms with Crippen molar-refractivity contribution in [3.05, 3.63) is 60.2 Å². The van der Waals surface area contributed by atoms with Gasteiger partial charge in [-0.05, 0) is 0 Å². The van der Waals surface area contributed by atoms with E-state index in [2.05, 4.69) is 0 Å². The SMILES string of the molecule is CCOC(=O)C(C#N)(CC[Se](=O)(=O)c1ccccc1)c1ccc(OC)cc1. The second-order valence-electron chi connectivity index (χ2n) is 5.85. The Bertz CT molecular complexity index is 917. The summed E-state index contributed by atoms with van der Waals surface area (Å²) in [6.07, 6.45) is -0.184. The van der Waals surface area contributed by atoms with Gasteiger partial charge in [0, 0.05) is 0 Å². The Labute approximate surface area is 160 Å². The molecule has 1 unspecified atom stereocenters. The van der Waals surface area contributed by atoms with Gasteiger partial charge in [0.1, 0.15) is 0 Å². The number of nitriles is 1. The third-order valence-corrected chi connectivity index (χ3v) is 7.88. The molecule has 7 heteroatoms. The molecule has 0 spiro atoms. The van der Waals surface area contributed by atoms with Crippen LogP contribution >= 0.6 is 0 Å². The molecule has 1 atom stereocenters. The van der Waals surface area contributed by atoms with Crippen LogP contribution in [0.4, 0.5) is 0 Å². The van der Waals surface area contributed by atoms with Gasteiger partial charge >= 0.3 is 160 Å². The van der Waals surface area contributed by atoms with Gasteiger partial charge in [0.2, 0.25) is 0 Å². The van der Waals surface area contributed by atoms with E-state index in [9.17, 15) is 17.7 Å². The third kappa shape index (κ3) is 4.54. The average Bonchev–Trinajstić information content (AvgIpc) is 2.70. The summed E-state index contributed by atoms with van der Waals surface area (Å²) in [5.74, 6) is -0.185. The van der Waals surface area contributed by atoms with Crippen molar-refractivity contribution in [2.45, 2.75) is 24.1 Å². The van der Waals surface area contributed by atoms with Crippen LogP contribution < -0.4 is 9.20 Å². The number of carbonyl (C=O) groups is 1. The standard InChI is InChI=1S/C20H21NO5Se/c1-3-26-19(22)20(15-21,16-9-11-17(25-2)12-10-16)13-14-27(23,24)18-7-5-4-6-8-18/h4-12H,3,13-14H2,1-2H3. The molecule has 0 aliphatic carbocycles. The van der Waals surface area contributed by atoms with Crippen molar-refractivity contribution < 1.29 is 21.9 Å². The zero-order valence-electron chi connectivity index (χ0n) is 15.2. The van der Waals surface area contributed by atoms with Crippen molar-refractivity contribution in [3.8, 4) is 11.8 Å². The Balaban J connectivity index is 2.40. The Hall–Kier alpha value is -2.68. The second kappa shape index (κ2) is 8.81. The van der Waals surface area contributed by atoms with Crippen LogP contribution in [0, 0.1) is 11.3 Å². The van der Waals surface area contributed by atoms with Crippen molar-refractivity contribution in [1.29, 1.82) is 5.26 Å². The quantitative estimate of drug-likeness (QED) is 0.469. The van der Waals surface area contributed by atoms with Crippen LogP contribution in [0.1, 0.15) is 18.9 Å². The van der Waals surface area contributed by atoms with E-state index in [0.717, 1.165) is 0 Å². The number of hydrogen-bond donors (Lipinski definition) is 0. The Morgan fingerprint density at radius 2 is 1.74 bits per heavy atom. The summed E-state index contributed by atoms with van der Waals surface area (Å²) in [7, 11) is 1.51. The maximum atomic E-state index is 12.7. The Morgan fingerprint density at radius 3 is 2.26 bits per heavy atom. The van der Waals surface area contributed by atoms with Gasteiger partial charge in [-0.2, -0.15) is 0 Å². The first kappa shape index (κ1) is 20.6. The third-order valence-electron chi connectivity index (χ3n) is 4.25. The number of carbonyl (C=O) groups excluding carboxylic acids is 1. The summed E-state index contributed by atoms with van der Waals surface area (Å²) < 4.78 is 35.8. The number of nitrogens with zero attached hydrogens (tertiary/aromatic N) is 1. The van der Waals surface area contributed by atoms with Gasteiger partial charge in [-0.3, -0.25) is 0 Å². The molecule has 0 aromatic heterocycles. The molecule has 0 radical (unpaired) electrons. The van der Waals surface area contributed by atoms with Crippen LogP contribution in [-0.4, -0.2) is 32.4 Å². The molecular formula is C20H21NO5Se. The predicted octanol–water partition coefficient (Wildman–Crippen LogP) is 2.62. The molecule has 0 heterocycles. The first-order valence-corrected chi connectivity index (χ1v) is 11.9. The topological polar surface area (TPSA) is 93.5 Å². The van der Waals surface area contributed by atoms with Gasteiger partial charge in [-0.15, -0.1) is 0 Å². The van der Waals surface area contributed by atoms with Gasteiger partial charge in [-0.1, -0.05) is 0 Å². The van der Waals surface area contributed by atoms with Crippen molar-refractivity contribution in [3.63, 3.8) is 0 Å². The summed E-state index contributed by atoms with van der Waals surface area (Å²) in [6, 6.07) is 16.5. The molecule has 0 bridgehead atoms. The molecule has 0 aliphatic rings. The molecule has 2 rings (SSSR count). The van der Waals surface area contributed by atoms with Gasteiger partial charge < -0.3 is 0 Å². The minimum absolute atomic E-state index is 0.0931. The maximum absolute atomic E-state index is 12.7. The van der Waals surface area contributed by atoms with Crippen LogP contribution in [0.15, 0.2) is 54.6 Å². The summed E-state index contributed by atoms with van der Waals surface area (Å²) in [5.41, 5.74) is -1.32. The molecule has 6 nitrogen and oxygen atoms in total. The van der Waals surface area contributed by atoms with E-state index in [4.69, 9.17) is 9.47 Å². The first-order valence-electron chi connectivity index (χ1n) is 8.40. The number of rotatable bonds is 8. The van der Waals surface area contributed by atoms with Crippen molar-refractivity contribution in [1.82, 2.24) is 0 Å². The first-order chi connectivity index (χ1) is 12.9. The van der Waals surface area contributed by atoms with E-state index in [0.29, 0.717) is 11.3 Å². The van der Waals surface area contributed by atoms with E-state index < -0.39 is 24.1 Å². The van der Waals surface area contributed by atoms with Gasteiger partial charge in [0.15, 0.2) is 0 Å². The molecule has 0 N–H and O–H groups in total. The van der Waals surface area contributed by atoms with Crippen molar-refractivity contribution >= 4 is 23.1 Å². The summed E-state index contributed by atoms with van der Waals surface area (Å²) in [4.78, 5) is 12.6. The van der Waals surface area contributed by atoms with E-state index in [1.165, 1.54) is 19.2 Å². The summed E-state index contributed by atoms with van der Waals surface area (Å²) >= 11 is -4.51. The van der Waals surface area contributed by atoms with Crippen LogP contribution in [0.5, 0.6) is 5.75 Å². The van der Waals surface area contributed by atoms with E-state index in [-0.39, 0.29) is 22.8 Å². The number of methoxy groups -OCH3 is 1. The molecule has 2 aromatic carbocycles. The number of hydrogen-bond acceptors (Lipinski definition) is 6. The molecule has 142 valence electrons. The Kier molecular flexibility index (Phi) is 6.73. The number of ether oxygens (including phenoxy) is 2. The van der Waals surface area contributed by atoms with Crippen LogP contribution in [0.3, 0.4) is 0 Å². The average molecular weight is 434 g/mol. The summed E-state index contributed by atoms with van der Waals surface area (Å²) in [5, 5.41) is 9.56. The fraction of sp³-hybridized carbons (Fsp3) is 0.300. The van der Waals surface area contributed by atoms with Gasteiger partial charge in [0.25, 0.3) is 0 Å². The minimum atomic E-state index is -4.51. The molecule has 0 aliphatic heterocycles. The fourth-order valence-electron chi connectivity index (χ4n) is 2.69. The monoisotopic (exact) mass is 435 g/mol. The molecule has 0 fully saturated rings. The number of esters is 1. The van der Waals surface area contributed by atoms with Crippen LogP contribution in [-0.2, 0) is 22.6 Å². The zero-order chi connectivity index (χ0) is 19.9. The van der Waals surface area contributed by atoms with E-state index in [1.807, 2.05) is 6.07 Å². The molecular weight excluding hydrogens is 413 g/mol. The van der Waals surface area contributed by atoms with Gasteiger partial charge in [-0.25, -0.2) is 0 Å². The Morgan fingerprint density at radius 1 is 1.11 bits per heavy atom. The number of benzene rings is 2. The second-order valence-corrected chi connectivity index (χ2v) is 10.3. The summed E-state index contributed by atoms with van der Waals surface area (Å²) in [6.45, 7) is 1.73. The zero-order valence-corrected chi connectivity index (χ0v) is 16.9. The van der Waals surface area contributed by atoms with Crippen molar-refractivity contribution in [2.24, 2.45) is 0 Å². The van der Waals surface area contributed by atoms with E-state index in [1.54, 1.807) is 49.4 Å². The van der Waals surface area contributed by atoms with Crippen LogP contribution in [0.2, 0.25) is 5.32 Å². The molecule has 27 heavy (non-hydrogen) atoms. The molecule has 2 aromatic rings. The molecule has 0 saturated heterocycles. The normalized spacial score (nSPS) is 13.2. The van der Waals surface area contributed by atoms with Crippen LogP contribution in [0.25, 0.3) is 0 Å². The molecule has 0 amide bonds. The fourth-order valence-corrected chi connectivity index (χ4v) is 5.59. The van der Waals surface area contributed by atoms with E-state index >= 15 is 0 Å². The molecule has 0 saturated carbocycles. The van der Waals surface area contributed by atoms with Crippen molar-refractivity contribution in [2.75, 3.05) is 13.7 Å². The van der Waals surface area contributed by atoms with Gasteiger partial charge in [0.05, 0.1) is 0 Å². The predicted molar refractivity (Wildman–Crippen MR) is 99.5 cm³/mol.